The first-order valence-corrected chi connectivity index (χ1v) is 9.20. The molecule has 0 unspecified atom stereocenters. The Morgan fingerprint density at radius 2 is 2.19 bits per heavy atom. The minimum Gasteiger partial charge on any atom is -0.481 e. The first kappa shape index (κ1) is 18.4. The van der Waals surface area contributed by atoms with Crippen molar-refractivity contribution in [3.8, 4) is 0 Å². The van der Waals surface area contributed by atoms with Crippen molar-refractivity contribution in [1.82, 2.24) is 19.9 Å². The summed E-state index contributed by atoms with van der Waals surface area (Å²) in [5.74, 6) is 0.668. The minimum atomic E-state index is -0.782. The molecule has 26 heavy (non-hydrogen) atoms. The molecule has 3 heterocycles. The summed E-state index contributed by atoms with van der Waals surface area (Å²) >= 11 is 0. The smallest absolute Gasteiger partial charge is 0.303 e. The number of nitrogens with zero attached hydrogens (tertiary/aromatic N) is 3. The second-order valence-electron chi connectivity index (χ2n) is 7.62. The lowest BCUT2D eigenvalue weighted by Crippen LogP contribution is -2.45. The third-order valence-corrected chi connectivity index (χ3v) is 5.05. The van der Waals surface area contributed by atoms with Gasteiger partial charge in [0.05, 0.1) is 17.2 Å². The van der Waals surface area contributed by atoms with Crippen molar-refractivity contribution in [2.24, 2.45) is 17.8 Å². The maximum atomic E-state index is 12.5. The fourth-order valence-electron chi connectivity index (χ4n) is 3.76. The largest absolute Gasteiger partial charge is 0.481 e. The van der Waals surface area contributed by atoms with Gasteiger partial charge in [0, 0.05) is 38.5 Å². The molecule has 1 amide bonds. The van der Waals surface area contributed by atoms with E-state index in [0.717, 1.165) is 23.3 Å². The monoisotopic (exact) mass is 358 g/mol. The average Bonchev–Trinajstić information content (AvgIpc) is 2.97. The number of carboxylic acid groups (broad SMARTS) is 1. The van der Waals surface area contributed by atoms with Crippen LogP contribution in [-0.2, 0) is 16.0 Å². The number of hydrogen-bond acceptors (Lipinski definition) is 4. The number of H-pyrrole nitrogens is 1. The molecule has 2 atom stereocenters. The molecule has 1 aliphatic heterocycles. The number of amides is 1. The SMILES string of the molecule is CC(C)CC(=O)N1CC[C@@H](CC(=O)O)[C@@H](Cc2nc3ccncc3[nH]2)C1. The van der Waals surface area contributed by atoms with Crippen LogP contribution in [0.1, 0.15) is 38.9 Å². The van der Waals surface area contributed by atoms with Crippen LogP contribution in [0.3, 0.4) is 0 Å². The number of nitrogens with one attached hydrogen (secondary N) is 1. The molecule has 3 rings (SSSR count). The quantitative estimate of drug-likeness (QED) is 0.826. The van der Waals surface area contributed by atoms with Crippen molar-refractivity contribution in [1.29, 1.82) is 0 Å². The van der Waals surface area contributed by atoms with Crippen LogP contribution in [0.25, 0.3) is 11.0 Å². The molecule has 1 saturated heterocycles. The molecular formula is C19H26N4O3. The highest BCUT2D eigenvalue weighted by molar-refractivity contribution is 5.76. The summed E-state index contributed by atoms with van der Waals surface area (Å²) in [6.45, 7) is 5.31. The lowest BCUT2D eigenvalue weighted by Gasteiger charge is -2.38. The summed E-state index contributed by atoms with van der Waals surface area (Å²) in [5.41, 5.74) is 1.73. The summed E-state index contributed by atoms with van der Waals surface area (Å²) in [5, 5.41) is 9.25. The highest BCUT2D eigenvalue weighted by Gasteiger charge is 2.33. The molecule has 0 aliphatic carbocycles. The van der Waals surface area contributed by atoms with Crippen LogP contribution in [0.5, 0.6) is 0 Å². The fourth-order valence-corrected chi connectivity index (χ4v) is 3.76. The first-order valence-electron chi connectivity index (χ1n) is 9.20. The third-order valence-electron chi connectivity index (χ3n) is 5.05. The lowest BCUT2D eigenvalue weighted by molar-refractivity contribution is -0.140. The third kappa shape index (κ3) is 4.39. The summed E-state index contributed by atoms with van der Waals surface area (Å²) in [6.07, 6.45) is 5.47. The van der Waals surface area contributed by atoms with Gasteiger partial charge in [-0.25, -0.2) is 4.98 Å². The summed E-state index contributed by atoms with van der Waals surface area (Å²) < 4.78 is 0. The van der Waals surface area contributed by atoms with E-state index in [1.54, 1.807) is 12.4 Å². The van der Waals surface area contributed by atoms with E-state index in [1.807, 2.05) is 24.8 Å². The molecule has 0 radical (unpaired) electrons. The van der Waals surface area contributed by atoms with Crippen LogP contribution in [0.4, 0.5) is 0 Å². The Bertz CT molecular complexity index is 753. The van der Waals surface area contributed by atoms with Crippen LogP contribution in [-0.4, -0.2) is 49.9 Å². The molecule has 0 aromatic carbocycles. The molecule has 140 valence electrons. The standard InChI is InChI=1S/C19H26N4O3/c1-12(2)7-18(24)23-6-4-13(9-19(25)26)14(11-23)8-17-21-15-3-5-20-10-16(15)22-17/h3,5,10,12-14H,4,6-9,11H2,1-2H3,(H,21,22)(H,25,26)/t13-,14-/m0/s1. The van der Waals surface area contributed by atoms with Crippen LogP contribution in [0.15, 0.2) is 18.5 Å². The van der Waals surface area contributed by atoms with Gasteiger partial charge in [0.2, 0.25) is 5.91 Å². The number of aromatic nitrogens is 3. The van der Waals surface area contributed by atoms with Gasteiger partial charge >= 0.3 is 5.97 Å². The van der Waals surface area contributed by atoms with Gasteiger partial charge in [0.1, 0.15) is 5.82 Å². The number of rotatable bonds is 6. The minimum absolute atomic E-state index is 0.0573. The van der Waals surface area contributed by atoms with Crippen molar-refractivity contribution in [2.75, 3.05) is 13.1 Å². The molecule has 2 N–H and O–H groups in total. The zero-order valence-electron chi connectivity index (χ0n) is 15.3. The average molecular weight is 358 g/mol. The van der Waals surface area contributed by atoms with E-state index in [-0.39, 0.29) is 24.2 Å². The maximum absolute atomic E-state index is 12.5. The highest BCUT2D eigenvalue weighted by Crippen LogP contribution is 2.30. The number of carbonyl (C=O) groups is 2. The lowest BCUT2D eigenvalue weighted by atomic mass is 9.81. The molecule has 0 spiro atoms. The molecular weight excluding hydrogens is 332 g/mol. The molecule has 7 heteroatoms. The topological polar surface area (TPSA) is 99.2 Å². The van der Waals surface area contributed by atoms with Gasteiger partial charge in [0.15, 0.2) is 0 Å². The fraction of sp³-hybridized carbons (Fsp3) is 0.579. The number of piperidine rings is 1. The van der Waals surface area contributed by atoms with Crippen molar-refractivity contribution in [2.45, 2.75) is 39.5 Å². The number of fused-ring (bicyclic) bond motifs is 1. The Labute approximate surface area is 152 Å². The predicted octanol–water partition coefficient (Wildman–Crippen LogP) is 2.49. The van der Waals surface area contributed by atoms with Crippen LogP contribution < -0.4 is 0 Å². The highest BCUT2D eigenvalue weighted by atomic mass is 16.4. The Morgan fingerprint density at radius 1 is 1.38 bits per heavy atom. The number of hydrogen-bond donors (Lipinski definition) is 2. The molecule has 1 fully saturated rings. The molecule has 0 bridgehead atoms. The first-order chi connectivity index (χ1) is 12.4. The Kier molecular flexibility index (Phi) is 5.54. The Morgan fingerprint density at radius 3 is 2.88 bits per heavy atom. The van der Waals surface area contributed by atoms with Crippen molar-refractivity contribution in [3.05, 3.63) is 24.3 Å². The predicted molar refractivity (Wildman–Crippen MR) is 97.5 cm³/mol. The van der Waals surface area contributed by atoms with Crippen molar-refractivity contribution < 1.29 is 14.7 Å². The van der Waals surface area contributed by atoms with E-state index >= 15 is 0 Å². The van der Waals surface area contributed by atoms with Crippen LogP contribution in [0.2, 0.25) is 0 Å². The molecule has 1 aliphatic rings. The van der Waals surface area contributed by atoms with Crippen molar-refractivity contribution >= 4 is 22.9 Å². The molecule has 0 saturated carbocycles. The maximum Gasteiger partial charge on any atom is 0.303 e. The number of aromatic amines is 1. The van der Waals surface area contributed by atoms with E-state index in [1.165, 1.54) is 0 Å². The van der Waals surface area contributed by atoms with Gasteiger partial charge in [-0.1, -0.05) is 13.8 Å². The number of carboxylic acids is 1. The van der Waals surface area contributed by atoms with E-state index < -0.39 is 5.97 Å². The van der Waals surface area contributed by atoms with E-state index in [9.17, 15) is 14.7 Å². The number of carbonyl (C=O) groups excluding carboxylic acids is 1. The number of pyridine rings is 1. The zero-order valence-corrected chi connectivity index (χ0v) is 15.3. The van der Waals surface area contributed by atoms with Gasteiger partial charge < -0.3 is 15.0 Å². The summed E-state index contributed by atoms with van der Waals surface area (Å²) in [6, 6.07) is 1.85. The zero-order chi connectivity index (χ0) is 18.7. The Hall–Kier alpha value is -2.44. The van der Waals surface area contributed by atoms with Gasteiger partial charge in [-0.05, 0) is 30.2 Å². The molecule has 2 aromatic rings. The van der Waals surface area contributed by atoms with Crippen LogP contribution in [0, 0.1) is 17.8 Å². The summed E-state index contributed by atoms with van der Waals surface area (Å²) in [4.78, 5) is 37.6. The van der Waals surface area contributed by atoms with E-state index in [4.69, 9.17) is 0 Å². The van der Waals surface area contributed by atoms with Gasteiger partial charge in [-0.2, -0.15) is 0 Å². The van der Waals surface area contributed by atoms with Gasteiger partial charge in [0.25, 0.3) is 0 Å². The van der Waals surface area contributed by atoms with Gasteiger partial charge in [-0.15, -0.1) is 0 Å². The normalized spacial score (nSPS) is 20.7. The number of imidazole rings is 1. The van der Waals surface area contributed by atoms with Crippen LogP contribution >= 0.6 is 0 Å². The number of likely N-dealkylation sites (tertiary alicyclic amines) is 1. The van der Waals surface area contributed by atoms with Gasteiger partial charge in [-0.3, -0.25) is 14.6 Å². The Balaban J connectivity index is 1.75. The summed E-state index contributed by atoms with van der Waals surface area (Å²) in [7, 11) is 0. The molecule has 2 aromatic heterocycles. The van der Waals surface area contributed by atoms with E-state index in [0.29, 0.717) is 31.8 Å². The molecule has 7 nitrogen and oxygen atoms in total. The van der Waals surface area contributed by atoms with E-state index in [2.05, 4.69) is 15.0 Å². The second kappa shape index (κ2) is 7.85. The van der Waals surface area contributed by atoms with Crippen molar-refractivity contribution in [3.63, 3.8) is 0 Å². The second-order valence-corrected chi connectivity index (χ2v) is 7.62. The number of aliphatic carboxylic acids is 1.